The highest BCUT2D eigenvalue weighted by atomic mass is 16.6. The second kappa shape index (κ2) is 9.75. The number of rotatable bonds is 8. The second-order valence-corrected chi connectivity index (χ2v) is 6.35. The van der Waals surface area contributed by atoms with Crippen molar-refractivity contribution in [2.75, 3.05) is 6.61 Å². The lowest BCUT2D eigenvalue weighted by Gasteiger charge is -2.19. The first kappa shape index (κ1) is 21.4. The Kier molecular flexibility index (Phi) is 8.03. The maximum Gasteiger partial charge on any atom is 0.312 e. The van der Waals surface area contributed by atoms with Crippen molar-refractivity contribution in [3.05, 3.63) is 41.0 Å². The SMILES string of the molecule is CCC(COC(C)=O)C(=O)OC(C)c1ccc(O)c(C(=O)C=C(C)C)c1. The van der Waals surface area contributed by atoms with E-state index in [-0.39, 0.29) is 23.7 Å². The number of allylic oxidation sites excluding steroid dienone is 2. The molecule has 6 heteroatoms. The molecule has 0 aliphatic rings. The Hall–Kier alpha value is -2.63. The summed E-state index contributed by atoms with van der Waals surface area (Å²) < 4.78 is 10.3. The van der Waals surface area contributed by atoms with Crippen LogP contribution in [0.25, 0.3) is 0 Å². The highest BCUT2D eigenvalue weighted by molar-refractivity contribution is 6.06. The van der Waals surface area contributed by atoms with Crippen LogP contribution in [0.2, 0.25) is 0 Å². The van der Waals surface area contributed by atoms with Gasteiger partial charge in [0.15, 0.2) is 5.78 Å². The number of benzene rings is 1. The van der Waals surface area contributed by atoms with Crippen LogP contribution in [0.15, 0.2) is 29.8 Å². The Morgan fingerprint density at radius 3 is 2.38 bits per heavy atom. The van der Waals surface area contributed by atoms with Crippen molar-refractivity contribution in [1.29, 1.82) is 0 Å². The van der Waals surface area contributed by atoms with E-state index >= 15 is 0 Å². The van der Waals surface area contributed by atoms with Crippen molar-refractivity contribution in [2.45, 2.75) is 47.1 Å². The Morgan fingerprint density at radius 1 is 1.19 bits per heavy atom. The maximum absolute atomic E-state index is 12.3. The summed E-state index contributed by atoms with van der Waals surface area (Å²) in [5.41, 5.74) is 1.55. The van der Waals surface area contributed by atoms with Crippen molar-refractivity contribution >= 4 is 17.7 Å². The van der Waals surface area contributed by atoms with E-state index in [1.807, 2.05) is 0 Å². The van der Waals surface area contributed by atoms with Gasteiger partial charge in [-0.15, -0.1) is 0 Å². The summed E-state index contributed by atoms with van der Waals surface area (Å²) in [6, 6.07) is 4.52. The average Bonchev–Trinajstić information content (AvgIpc) is 2.54. The zero-order valence-corrected chi connectivity index (χ0v) is 15.9. The number of carbonyl (C=O) groups is 3. The molecular formula is C20H26O6. The third-order valence-corrected chi connectivity index (χ3v) is 3.78. The Labute approximate surface area is 153 Å². The molecule has 1 N–H and O–H groups in total. The monoisotopic (exact) mass is 362 g/mol. The van der Waals surface area contributed by atoms with Crippen molar-refractivity contribution in [3.63, 3.8) is 0 Å². The van der Waals surface area contributed by atoms with Crippen molar-refractivity contribution in [1.82, 2.24) is 0 Å². The number of carbonyl (C=O) groups excluding carboxylic acids is 3. The molecule has 0 saturated heterocycles. The fraction of sp³-hybridized carbons (Fsp3) is 0.450. The van der Waals surface area contributed by atoms with E-state index in [0.717, 1.165) is 5.57 Å². The summed E-state index contributed by atoms with van der Waals surface area (Å²) in [5, 5.41) is 9.92. The number of ketones is 1. The fourth-order valence-electron chi connectivity index (χ4n) is 2.25. The highest BCUT2D eigenvalue weighted by Gasteiger charge is 2.23. The summed E-state index contributed by atoms with van der Waals surface area (Å²) in [4.78, 5) is 35.4. The largest absolute Gasteiger partial charge is 0.507 e. The Bertz CT molecular complexity index is 700. The number of hydrogen-bond donors (Lipinski definition) is 1. The third-order valence-electron chi connectivity index (χ3n) is 3.78. The van der Waals surface area contributed by atoms with Crippen LogP contribution in [0.3, 0.4) is 0 Å². The molecule has 6 nitrogen and oxygen atoms in total. The molecule has 0 fully saturated rings. The van der Waals surface area contributed by atoms with E-state index in [4.69, 9.17) is 9.47 Å². The number of phenolic OH excluding ortho intramolecular Hbond substituents is 1. The van der Waals surface area contributed by atoms with E-state index in [0.29, 0.717) is 12.0 Å². The van der Waals surface area contributed by atoms with Crippen LogP contribution in [0.1, 0.15) is 63.1 Å². The van der Waals surface area contributed by atoms with Crippen LogP contribution in [-0.4, -0.2) is 29.4 Å². The van der Waals surface area contributed by atoms with Crippen molar-refractivity contribution in [3.8, 4) is 5.75 Å². The number of hydrogen-bond acceptors (Lipinski definition) is 6. The summed E-state index contributed by atoms with van der Waals surface area (Å²) in [7, 11) is 0. The zero-order chi connectivity index (χ0) is 19.9. The van der Waals surface area contributed by atoms with Crippen molar-refractivity contribution < 1.29 is 29.0 Å². The van der Waals surface area contributed by atoms with E-state index < -0.39 is 24.0 Å². The third kappa shape index (κ3) is 6.35. The smallest absolute Gasteiger partial charge is 0.312 e. The van der Waals surface area contributed by atoms with E-state index in [2.05, 4.69) is 0 Å². The van der Waals surface area contributed by atoms with Crippen LogP contribution in [0.5, 0.6) is 5.75 Å². The number of ether oxygens (including phenoxy) is 2. The standard InChI is InChI=1S/C20H26O6/c1-6-15(11-25-14(5)21)20(24)26-13(4)16-7-8-18(22)17(10-16)19(23)9-12(2)3/h7-10,13,15,22H,6,11H2,1-5H3. The number of esters is 2. The minimum atomic E-state index is -0.618. The molecular weight excluding hydrogens is 336 g/mol. The zero-order valence-electron chi connectivity index (χ0n) is 15.9. The normalized spacial score (nSPS) is 12.7. The predicted octanol–water partition coefficient (Wildman–Crippen LogP) is 3.73. The van der Waals surface area contributed by atoms with Gasteiger partial charge in [0.2, 0.25) is 0 Å². The molecule has 0 radical (unpaired) electrons. The maximum atomic E-state index is 12.3. The van der Waals surface area contributed by atoms with Gasteiger partial charge in [-0.05, 0) is 51.0 Å². The molecule has 0 aliphatic heterocycles. The van der Waals surface area contributed by atoms with Gasteiger partial charge in [0.1, 0.15) is 18.5 Å². The first-order valence-electron chi connectivity index (χ1n) is 8.51. The molecule has 0 bridgehead atoms. The molecule has 26 heavy (non-hydrogen) atoms. The molecule has 1 aromatic rings. The lowest BCUT2D eigenvalue weighted by atomic mass is 10.0. The van der Waals surface area contributed by atoms with Crippen LogP contribution in [0, 0.1) is 5.92 Å². The van der Waals surface area contributed by atoms with E-state index in [1.54, 1.807) is 33.8 Å². The molecule has 142 valence electrons. The topological polar surface area (TPSA) is 89.9 Å². The van der Waals surface area contributed by atoms with Gasteiger partial charge < -0.3 is 14.6 Å². The Balaban J connectivity index is 2.91. The van der Waals surface area contributed by atoms with Crippen molar-refractivity contribution in [2.24, 2.45) is 5.92 Å². The molecule has 2 unspecified atom stereocenters. The molecule has 0 spiro atoms. The molecule has 0 saturated carbocycles. The van der Waals surface area contributed by atoms with Gasteiger partial charge in [-0.1, -0.05) is 18.6 Å². The fourth-order valence-corrected chi connectivity index (χ4v) is 2.25. The first-order valence-corrected chi connectivity index (χ1v) is 8.51. The summed E-state index contributed by atoms with van der Waals surface area (Å²) in [6.07, 6.45) is 1.29. The summed E-state index contributed by atoms with van der Waals surface area (Å²) in [5.74, 6) is -1.93. The molecule has 1 aromatic carbocycles. The van der Waals surface area contributed by atoms with Gasteiger partial charge in [-0.2, -0.15) is 0 Å². The number of phenols is 1. The summed E-state index contributed by atoms with van der Waals surface area (Å²) in [6.45, 7) is 8.31. The van der Waals surface area contributed by atoms with Crippen LogP contribution >= 0.6 is 0 Å². The first-order chi connectivity index (χ1) is 12.1. The van der Waals surface area contributed by atoms with Crippen LogP contribution < -0.4 is 0 Å². The molecule has 1 rings (SSSR count). The molecule has 0 aromatic heterocycles. The van der Waals surface area contributed by atoms with Crippen LogP contribution in [0.4, 0.5) is 0 Å². The van der Waals surface area contributed by atoms with Gasteiger partial charge in [-0.3, -0.25) is 14.4 Å². The van der Waals surface area contributed by atoms with E-state index in [1.165, 1.54) is 25.1 Å². The van der Waals surface area contributed by atoms with Gasteiger partial charge in [0.05, 0.1) is 11.5 Å². The van der Waals surface area contributed by atoms with Gasteiger partial charge >= 0.3 is 11.9 Å². The quantitative estimate of drug-likeness (QED) is 0.430. The minimum absolute atomic E-state index is 0.0305. The van der Waals surface area contributed by atoms with E-state index in [9.17, 15) is 19.5 Å². The lowest BCUT2D eigenvalue weighted by molar-refractivity contribution is -0.158. The minimum Gasteiger partial charge on any atom is -0.507 e. The Morgan fingerprint density at radius 2 is 1.85 bits per heavy atom. The summed E-state index contributed by atoms with van der Waals surface area (Å²) >= 11 is 0. The van der Waals surface area contributed by atoms with Gasteiger partial charge in [0.25, 0.3) is 0 Å². The molecule has 0 amide bonds. The average molecular weight is 362 g/mol. The predicted molar refractivity (Wildman–Crippen MR) is 96.8 cm³/mol. The highest BCUT2D eigenvalue weighted by Crippen LogP contribution is 2.26. The lowest BCUT2D eigenvalue weighted by Crippen LogP contribution is -2.24. The number of aromatic hydroxyl groups is 1. The van der Waals surface area contributed by atoms with Crippen LogP contribution in [-0.2, 0) is 19.1 Å². The second-order valence-electron chi connectivity index (χ2n) is 6.35. The van der Waals surface area contributed by atoms with Gasteiger partial charge in [0, 0.05) is 6.92 Å². The molecule has 0 aliphatic carbocycles. The van der Waals surface area contributed by atoms with Gasteiger partial charge in [-0.25, -0.2) is 0 Å². The molecule has 0 heterocycles. The molecule has 2 atom stereocenters.